The van der Waals surface area contributed by atoms with Crippen molar-refractivity contribution in [2.75, 3.05) is 0 Å². The number of carboxylic acids is 1. The fourth-order valence-corrected chi connectivity index (χ4v) is 1.39. The summed E-state index contributed by atoms with van der Waals surface area (Å²) in [5, 5.41) is 14.9. The van der Waals surface area contributed by atoms with Crippen molar-refractivity contribution in [3.63, 3.8) is 0 Å². The Morgan fingerprint density at radius 1 is 1.39 bits per heavy atom. The summed E-state index contributed by atoms with van der Waals surface area (Å²) in [6, 6.07) is 6.84. The molecule has 0 unspecified atom stereocenters. The normalized spacial score (nSPS) is 10.1. The van der Waals surface area contributed by atoms with E-state index in [-0.39, 0.29) is 22.3 Å². The Kier molecular flexibility index (Phi) is 3.29. The fraction of sp³-hybridized carbons (Fsp3) is 0. The number of nitrogens with zero attached hydrogens (tertiary/aromatic N) is 1. The second kappa shape index (κ2) is 4.89. The Balaban J connectivity index is 2.31. The summed E-state index contributed by atoms with van der Waals surface area (Å²) in [5.41, 5.74) is -0.447. The summed E-state index contributed by atoms with van der Waals surface area (Å²) in [7, 11) is 0. The van der Waals surface area contributed by atoms with Crippen molar-refractivity contribution in [1.82, 2.24) is 10.2 Å². The first-order chi connectivity index (χ1) is 8.56. The number of carboxylic acid groups (broad SMARTS) is 1. The van der Waals surface area contributed by atoms with Crippen molar-refractivity contribution in [3.8, 4) is 11.6 Å². The van der Waals surface area contributed by atoms with E-state index < -0.39 is 11.4 Å². The van der Waals surface area contributed by atoms with Gasteiger partial charge in [-0.2, -0.15) is 0 Å². The van der Waals surface area contributed by atoms with Gasteiger partial charge in [0.2, 0.25) is 5.43 Å². The maximum absolute atomic E-state index is 11.5. The van der Waals surface area contributed by atoms with Crippen LogP contribution >= 0.6 is 11.6 Å². The van der Waals surface area contributed by atoms with Gasteiger partial charge >= 0.3 is 5.97 Å². The second-order valence-electron chi connectivity index (χ2n) is 3.32. The predicted octanol–water partition coefficient (Wildman–Crippen LogP) is 1.91. The second-order valence-corrected chi connectivity index (χ2v) is 3.73. The molecule has 0 spiro atoms. The molecule has 0 atom stereocenters. The van der Waals surface area contributed by atoms with Crippen LogP contribution in [0, 0.1) is 0 Å². The monoisotopic (exact) mass is 266 g/mol. The molecule has 0 aliphatic heterocycles. The highest BCUT2D eigenvalue weighted by Crippen LogP contribution is 2.18. The van der Waals surface area contributed by atoms with Gasteiger partial charge in [0.1, 0.15) is 10.9 Å². The smallest absolute Gasteiger partial charge is 0.335 e. The Morgan fingerprint density at radius 2 is 2.17 bits per heavy atom. The summed E-state index contributed by atoms with van der Waals surface area (Å²) >= 11 is 5.54. The van der Waals surface area contributed by atoms with E-state index in [1.54, 1.807) is 0 Å². The molecule has 0 saturated carbocycles. The Labute approximate surface area is 106 Å². The van der Waals surface area contributed by atoms with E-state index in [4.69, 9.17) is 21.4 Å². The molecule has 0 fully saturated rings. The fourth-order valence-electron chi connectivity index (χ4n) is 1.25. The number of H-pyrrole nitrogens is 1. The number of aromatic carboxylic acids is 1. The number of rotatable bonds is 3. The predicted molar refractivity (Wildman–Crippen MR) is 63.3 cm³/mol. The molecule has 2 N–H and O–H groups in total. The van der Waals surface area contributed by atoms with Crippen LogP contribution in [0.2, 0.25) is 5.15 Å². The first kappa shape index (κ1) is 12.1. The van der Waals surface area contributed by atoms with Gasteiger partial charge < -0.3 is 9.84 Å². The number of ether oxygens (including phenoxy) is 1. The Hall–Kier alpha value is -2.34. The number of hydrogen-bond donors (Lipinski definition) is 2. The van der Waals surface area contributed by atoms with Crippen molar-refractivity contribution in [2.45, 2.75) is 0 Å². The minimum Gasteiger partial charge on any atom is -0.478 e. The van der Waals surface area contributed by atoms with Gasteiger partial charge in [0.25, 0.3) is 5.88 Å². The molecule has 92 valence electrons. The highest BCUT2D eigenvalue weighted by molar-refractivity contribution is 6.29. The summed E-state index contributed by atoms with van der Waals surface area (Å²) in [6.45, 7) is 0. The summed E-state index contributed by atoms with van der Waals surface area (Å²) in [5.74, 6) is -1.09. The molecule has 0 aliphatic rings. The van der Waals surface area contributed by atoms with Gasteiger partial charge in [-0.15, -0.1) is 5.10 Å². The zero-order chi connectivity index (χ0) is 13.1. The average Bonchev–Trinajstić information content (AvgIpc) is 2.33. The number of benzene rings is 1. The van der Waals surface area contributed by atoms with Crippen LogP contribution in [0.25, 0.3) is 0 Å². The Morgan fingerprint density at radius 3 is 2.83 bits per heavy atom. The van der Waals surface area contributed by atoms with Gasteiger partial charge in [0, 0.05) is 6.07 Å². The summed E-state index contributed by atoms with van der Waals surface area (Å²) in [4.78, 5) is 22.2. The molecule has 1 aromatic heterocycles. The molecule has 0 bridgehead atoms. The highest BCUT2D eigenvalue weighted by Gasteiger charge is 2.08. The van der Waals surface area contributed by atoms with Crippen LogP contribution in [0.5, 0.6) is 11.6 Å². The third kappa shape index (κ3) is 2.67. The molecular weight excluding hydrogens is 260 g/mol. The van der Waals surface area contributed by atoms with E-state index >= 15 is 0 Å². The SMILES string of the molecule is O=C(O)c1cccc(Oc2n[nH]c(Cl)cc2=O)c1. The van der Waals surface area contributed by atoms with Gasteiger partial charge in [0.05, 0.1) is 5.56 Å². The van der Waals surface area contributed by atoms with Crippen molar-refractivity contribution in [3.05, 3.63) is 51.3 Å². The minimum atomic E-state index is -1.08. The molecule has 1 heterocycles. The van der Waals surface area contributed by atoms with E-state index in [2.05, 4.69) is 10.2 Å². The highest BCUT2D eigenvalue weighted by atomic mass is 35.5. The number of nitrogens with one attached hydrogen (secondary N) is 1. The van der Waals surface area contributed by atoms with Gasteiger partial charge in [-0.25, -0.2) is 4.79 Å². The number of aromatic nitrogens is 2. The molecule has 1 aromatic carbocycles. The van der Waals surface area contributed by atoms with E-state index in [0.29, 0.717) is 0 Å². The molecule has 7 heteroatoms. The van der Waals surface area contributed by atoms with E-state index in [1.165, 1.54) is 24.3 Å². The molecule has 0 radical (unpaired) electrons. The lowest BCUT2D eigenvalue weighted by Gasteiger charge is -2.04. The van der Waals surface area contributed by atoms with Crippen LogP contribution in [-0.2, 0) is 0 Å². The van der Waals surface area contributed by atoms with Crippen LogP contribution in [0.15, 0.2) is 35.1 Å². The van der Waals surface area contributed by atoms with Crippen LogP contribution < -0.4 is 10.2 Å². The largest absolute Gasteiger partial charge is 0.478 e. The van der Waals surface area contributed by atoms with Gasteiger partial charge in [-0.3, -0.25) is 9.89 Å². The zero-order valence-electron chi connectivity index (χ0n) is 8.88. The zero-order valence-corrected chi connectivity index (χ0v) is 9.64. The molecule has 0 amide bonds. The third-order valence-electron chi connectivity index (χ3n) is 2.03. The van der Waals surface area contributed by atoms with E-state index in [1.807, 2.05) is 0 Å². The lowest BCUT2D eigenvalue weighted by molar-refractivity contribution is 0.0696. The molecular formula is C11H7ClN2O4. The van der Waals surface area contributed by atoms with Gasteiger partial charge in [0.15, 0.2) is 0 Å². The topological polar surface area (TPSA) is 92.3 Å². The Bertz CT molecular complexity index is 653. The van der Waals surface area contributed by atoms with E-state index in [0.717, 1.165) is 6.07 Å². The lowest BCUT2D eigenvalue weighted by atomic mass is 10.2. The van der Waals surface area contributed by atoms with Crippen molar-refractivity contribution >= 4 is 17.6 Å². The summed E-state index contributed by atoms with van der Waals surface area (Å²) < 4.78 is 5.18. The molecule has 2 aromatic rings. The maximum Gasteiger partial charge on any atom is 0.335 e. The van der Waals surface area contributed by atoms with Crippen LogP contribution in [0.1, 0.15) is 10.4 Å². The lowest BCUT2D eigenvalue weighted by Crippen LogP contribution is -2.07. The van der Waals surface area contributed by atoms with Gasteiger partial charge in [-0.05, 0) is 18.2 Å². The maximum atomic E-state index is 11.5. The van der Waals surface area contributed by atoms with Crippen molar-refractivity contribution in [1.29, 1.82) is 0 Å². The molecule has 0 saturated heterocycles. The third-order valence-corrected chi connectivity index (χ3v) is 2.22. The van der Waals surface area contributed by atoms with Crippen LogP contribution in [-0.4, -0.2) is 21.3 Å². The van der Waals surface area contributed by atoms with E-state index in [9.17, 15) is 9.59 Å². The van der Waals surface area contributed by atoms with Crippen molar-refractivity contribution in [2.24, 2.45) is 0 Å². The number of carbonyl (C=O) groups is 1. The molecule has 2 rings (SSSR count). The number of aromatic amines is 1. The number of hydrogen-bond acceptors (Lipinski definition) is 4. The van der Waals surface area contributed by atoms with Gasteiger partial charge in [-0.1, -0.05) is 17.7 Å². The number of halogens is 1. The first-order valence-corrected chi connectivity index (χ1v) is 5.20. The first-order valence-electron chi connectivity index (χ1n) is 4.83. The van der Waals surface area contributed by atoms with Crippen LogP contribution in [0.4, 0.5) is 0 Å². The minimum absolute atomic E-state index is 0.0536. The standard InChI is InChI=1S/C11H7ClN2O4/c12-9-5-8(15)10(14-13-9)18-7-3-1-2-6(4-7)11(16)17/h1-5H,(H,13,15)(H,16,17). The molecule has 0 aliphatic carbocycles. The summed E-state index contributed by atoms with van der Waals surface area (Å²) in [6.07, 6.45) is 0. The molecule has 6 nitrogen and oxygen atoms in total. The molecule has 18 heavy (non-hydrogen) atoms. The van der Waals surface area contributed by atoms with Crippen molar-refractivity contribution < 1.29 is 14.6 Å². The quantitative estimate of drug-likeness (QED) is 0.885. The average molecular weight is 267 g/mol. The van der Waals surface area contributed by atoms with Crippen LogP contribution in [0.3, 0.4) is 0 Å².